The first-order valence-corrected chi connectivity index (χ1v) is 9.45. The van der Waals surface area contributed by atoms with Crippen LogP contribution in [0.15, 0.2) is 42.5 Å². The molecule has 0 radical (unpaired) electrons. The Labute approximate surface area is 157 Å². The van der Waals surface area contributed by atoms with Gasteiger partial charge in [0.1, 0.15) is 0 Å². The number of para-hydroxylation sites is 1. The van der Waals surface area contributed by atoms with E-state index < -0.39 is 0 Å². The molecule has 2 aliphatic rings. The van der Waals surface area contributed by atoms with E-state index in [1.165, 1.54) is 25.8 Å². The topological polar surface area (TPSA) is 44.9 Å². The summed E-state index contributed by atoms with van der Waals surface area (Å²) in [5.41, 5.74) is 9.48. The van der Waals surface area contributed by atoms with Gasteiger partial charge in [0.25, 0.3) is 5.91 Å². The van der Waals surface area contributed by atoms with Crippen molar-refractivity contribution in [2.24, 2.45) is 0 Å². The second-order valence-corrected chi connectivity index (χ2v) is 8.03. The van der Waals surface area contributed by atoms with E-state index in [1.807, 2.05) is 12.1 Å². The second kappa shape index (κ2) is 4.64. The molecule has 0 spiro atoms. The molecular formula is C21H13IN2O. The molecule has 4 aromatic rings. The highest BCUT2D eigenvalue weighted by molar-refractivity contribution is 14.1. The molecule has 1 amide bonds. The summed E-state index contributed by atoms with van der Waals surface area (Å²) in [5, 5.41) is 5.28. The zero-order valence-electron chi connectivity index (χ0n) is 13.2. The van der Waals surface area contributed by atoms with E-state index in [2.05, 4.69) is 63.2 Å². The van der Waals surface area contributed by atoms with Crippen LogP contribution in [0, 0.1) is 3.57 Å². The fourth-order valence-electron chi connectivity index (χ4n) is 4.52. The van der Waals surface area contributed by atoms with Crippen LogP contribution >= 0.6 is 22.6 Å². The number of hydrogen-bond donors (Lipinski definition) is 2. The van der Waals surface area contributed by atoms with Crippen LogP contribution in [0.3, 0.4) is 0 Å². The lowest BCUT2D eigenvalue weighted by molar-refractivity contribution is 0.0967. The molecule has 25 heavy (non-hydrogen) atoms. The lowest BCUT2D eigenvalue weighted by atomic mass is 9.92. The summed E-state index contributed by atoms with van der Waals surface area (Å²) in [6.45, 7) is 0.622. The summed E-state index contributed by atoms with van der Waals surface area (Å²) in [5.74, 6) is 0.0478. The van der Waals surface area contributed by atoms with Crippen LogP contribution in [0.2, 0.25) is 0 Å². The number of benzene rings is 3. The van der Waals surface area contributed by atoms with E-state index in [-0.39, 0.29) is 5.91 Å². The Bertz CT molecular complexity index is 1250. The van der Waals surface area contributed by atoms with Crippen molar-refractivity contribution in [1.29, 1.82) is 0 Å². The largest absolute Gasteiger partial charge is 0.354 e. The number of aromatic amines is 1. The molecule has 1 aromatic heterocycles. The fraction of sp³-hybridized carbons (Fsp3) is 0.0952. The van der Waals surface area contributed by atoms with Gasteiger partial charge in [-0.1, -0.05) is 24.3 Å². The summed E-state index contributed by atoms with van der Waals surface area (Å²) in [6, 6.07) is 14.9. The number of nitrogens with one attached hydrogen (secondary N) is 2. The van der Waals surface area contributed by atoms with Crippen molar-refractivity contribution in [3.05, 3.63) is 68.3 Å². The van der Waals surface area contributed by atoms with Gasteiger partial charge in [-0.3, -0.25) is 4.79 Å². The van der Waals surface area contributed by atoms with Crippen LogP contribution in [-0.4, -0.2) is 10.9 Å². The smallest absolute Gasteiger partial charge is 0.252 e. The molecule has 3 aromatic carbocycles. The average molecular weight is 436 g/mol. The van der Waals surface area contributed by atoms with Gasteiger partial charge < -0.3 is 10.3 Å². The van der Waals surface area contributed by atoms with Crippen LogP contribution in [-0.2, 0) is 13.0 Å². The standard InChI is InChI=1S/C21H13IN2O/c22-11-6-5-10-7-14-17(13(10)8-11)15-9-23-21(25)19(15)18-12-3-1-2-4-16(12)24-20(14)18/h1-6,8,24H,7,9H2,(H,23,25). The van der Waals surface area contributed by atoms with Gasteiger partial charge in [0.05, 0.1) is 11.1 Å². The van der Waals surface area contributed by atoms with Gasteiger partial charge in [0.15, 0.2) is 0 Å². The van der Waals surface area contributed by atoms with E-state index in [4.69, 9.17) is 0 Å². The van der Waals surface area contributed by atoms with Crippen molar-refractivity contribution in [3.8, 4) is 11.1 Å². The third-order valence-electron chi connectivity index (χ3n) is 5.52. The fourth-order valence-corrected chi connectivity index (χ4v) is 5.01. The zero-order valence-corrected chi connectivity index (χ0v) is 15.4. The van der Waals surface area contributed by atoms with Crippen molar-refractivity contribution in [2.75, 3.05) is 0 Å². The van der Waals surface area contributed by atoms with Gasteiger partial charge in [-0.25, -0.2) is 0 Å². The Hall–Kier alpha value is -2.34. The minimum atomic E-state index is 0.0478. The van der Waals surface area contributed by atoms with Gasteiger partial charge in [0, 0.05) is 32.8 Å². The molecular weight excluding hydrogens is 423 g/mol. The molecule has 3 nitrogen and oxygen atoms in total. The number of H-pyrrole nitrogens is 1. The Morgan fingerprint density at radius 2 is 1.88 bits per heavy atom. The first-order chi connectivity index (χ1) is 12.2. The number of carbonyl (C=O) groups excluding carboxylic acids is 1. The highest BCUT2D eigenvalue weighted by atomic mass is 127. The Balaban J connectivity index is 1.86. The molecule has 120 valence electrons. The average Bonchev–Trinajstić information content (AvgIpc) is 3.27. The van der Waals surface area contributed by atoms with E-state index >= 15 is 0 Å². The number of rotatable bonds is 0. The van der Waals surface area contributed by atoms with E-state index in [0.717, 1.165) is 39.4 Å². The van der Waals surface area contributed by atoms with Crippen molar-refractivity contribution in [2.45, 2.75) is 13.0 Å². The van der Waals surface area contributed by atoms with Crippen LogP contribution in [0.1, 0.15) is 27.0 Å². The van der Waals surface area contributed by atoms with Gasteiger partial charge >= 0.3 is 0 Å². The van der Waals surface area contributed by atoms with Gasteiger partial charge in [-0.2, -0.15) is 0 Å². The second-order valence-electron chi connectivity index (χ2n) is 6.79. The molecule has 6 rings (SSSR count). The number of aromatic nitrogens is 1. The lowest BCUT2D eigenvalue weighted by Gasteiger charge is -2.10. The number of halogens is 1. The number of fused-ring (bicyclic) bond motifs is 10. The summed E-state index contributed by atoms with van der Waals surface area (Å²) in [6.07, 6.45) is 0.923. The lowest BCUT2D eigenvalue weighted by Crippen LogP contribution is -2.12. The van der Waals surface area contributed by atoms with E-state index in [0.29, 0.717) is 6.54 Å². The molecule has 1 aliphatic heterocycles. The third-order valence-corrected chi connectivity index (χ3v) is 6.20. The monoisotopic (exact) mass is 436 g/mol. The SMILES string of the molecule is O=C1NCc2c3c(c4[nH]c5ccccc5c4c21)Cc1ccc(I)cc1-3. The Kier molecular flexibility index (Phi) is 2.58. The zero-order chi connectivity index (χ0) is 16.7. The van der Waals surface area contributed by atoms with Gasteiger partial charge in [-0.15, -0.1) is 0 Å². The van der Waals surface area contributed by atoms with Gasteiger partial charge in [0.2, 0.25) is 0 Å². The number of amides is 1. The van der Waals surface area contributed by atoms with E-state index in [1.54, 1.807) is 0 Å². The number of carbonyl (C=O) groups is 1. The van der Waals surface area contributed by atoms with Crippen LogP contribution in [0.5, 0.6) is 0 Å². The minimum absolute atomic E-state index is 0.0478. The summed E-state index contributed by atoms with van der Waals surface area (Å²) >= 11 is 2.36. The highest BCUT2D eigenvalue weighted by Crippen LogP contribution is 2.47. The van der Waals surface area contributed by atoms with Crippen LogP contribution in [0.4, 0.5) is 0 Å². The normalized spacial score (nSPS) is 14.7. The maximum absolute atomic E-state index is 12.7. The van der Waals surface area contributed by atoms with Crippen LogP contribution in [0.25, 0.3) is 32.9 Å². The molecule has 0 fully saturated rings. The van der Waals surface area contributed by atoms with Crippen LogP contribution < -0.4 is 5.32 Å². The maximum atomic E-state index is 12.7. The predicted octanol–water partition coefficient (Wildman–Crippen LogP) is 4.74. The molecule has 0 unspecified atom stereocenters. The van der Waals surface area contributed by atoms with Crippen molar-refractivity contribution in [3.63, 3.8) is 0 Å². The molecule has 4 heteroatoms. The number of hydrogen-bond acceptors (Lipinski definition) is 1. The predicted molar refractivity (Wildman–Crippen MR) is 108 cm³/mol. The molecule has 2 heterocycles. The summed E-state index contributed by atoms with van der Waals surface area (Å²) in [7, 11) is 0. The van der Waals surface area contributed by atoms with Gasteiger partial charge in [-0.05, 0) is 68.6 Å². The third kappa shape index (κ3) is 1.68. The highest BCUT2D eigenvalue weighted by Gasteiger charge is 2.33. The van der Waals surface area contributed by atoms with Crippen molar-refractivity contribution < 1.29 is 4.79 Å². The maximum Gasteiger partial charge on any atom is 0.252 e. The summed E-state index contributed by atoms with van der Waals surface area (Å²) < 4.78 is 1.23. The Morgan fingerprint density at radius 3 is 2.80 bits per heavy atom. The molecule has 0 atom stereocenters. The quantitative estimate of drug-likeness (QED) is 0.339. The summed E-state index contributed by atoms with van der Waals surface area (Å²) in [4.78, 5) is 16.3. The first-order valence-electron chi connectivity index (χ1n) is 8.37. The molecule has 0 bridgehead atoms. The minimum Gasteiger partial charge on any atom is -0.354 e. The molecule has 0 saturated heterocycles. The molecule has 0 saturated carbocycles. The molecule has 1 aliphatic carbocycles. The van der Waals surface area contributed by atoms with Crippen molar-refractivity contribution >= 4 is 50.3 Å². The first kappa shape index (κ1) is 13.9. The van der Waals surface area contributed by atoms with E-state index in [9.17, 15) is 4.79 Å². The Morgan fingerprint density at radius 1 is 1.00 bits per heavy atom. The molecule has 2 N–H and O–H groups in total. The van der Waals surface area contributed by atoms with Crippen molar-refractivity contribution in [1.82, 2.24) is 10.3 Å².